The van der Waals surface area contributed by atoms with E-state index in [0.29, 0.717) is 16.7 Å². The number of thiophene rings is 1. The van der Waals surface area contributed by atoms with Gasteiger partial charge in [0.05, 0.1) is 4.92 Å². The van der Waals surface area contributed by atoms with E-state index in [4.69, 9.17) is 0 Å². The maximum Gasteiger partial charge on any atom is 0.328 e. The molecule has 0 aliphatic heterocycles. The van der Waals surface area contributed by atoms with E-state index in [2.05, 4.69) is 0 Å². The number of halogens is 1. The summed E-state index contributed by atoms with van der Waals surface area (Å²) in [6, 6.07) is 3.83. The SMILES string of the molecule is O=[N+]([O-])c1c(O)ccc2cc(F)sc12. The minimum Gasteiger partial charge on any atom is -0.502 e. The number of nitro benzene ring substituents is 1. The van der Waals surface area contributed by atoms with Crippen molar-refractivity contribution in [2.45, 2.75) is 0 Å². The van der Waals surface area contributed by atoms with Crippen molar-refractivity contribution in [3.8, 4) is 5.75 Å². The van der Waals surface area contributed by atoms with E-state index >= 15 is 0 Å². The molecule has 0 spiro atoms. The molecule has 1 N–H and O–H groups in total. The van der Waals surface area contributed by atoms with Crippen LogP contribution >= 0.6 is 11.3 Å². The van der Waals surface area contributed by atoms with Crippen molar-refractivity contribution in [3.05, 3.63) is 33.4 Å². The maximum atomic E-state index is 12.8. The van der Waals surface area contributed by atoms with E-state index in [1.807, 2.05) is 0 Å². The molecule has 2 rings (SSSR count). The van der Waals surface area contributed by atoms with Crippen molar-refractivity contribution in [2.75, 3.05) is 0 Å². The third-order valence-corrected chi connectivity index (χ3v) is 2.74. The fourth-order valence-electron chi connectivity index (χ4n) is 1.22. The number of fused-ring (bicyclic) bond motifs is 1. The first kappa shape index (κ1) is 8.89. The highest BCUT2D eigenvalue weighted by Gasteiger charge is 2.20. The van der Waals surface area contributed by atoms with Crippen molar-refractivity contribution in [1.82, 2.24) is 0 Å². The fraction of sp³-hybridized carbons (Fsp3) is 0. The summed E-state index contributed by atoms with van der Waals surface area (Å²) < 4.78 is 13.0. The molecule has 0 amide bonds. The molecule has 0 saturated carbocycles. The van der Waals surface area contributed by atoms with Crippen LogP contribution < -0.4 is 0 Å². The van der Waals surface area contributed by atoms with E-state index in [0.717, 1.165) is 0 Å². The highest BCUT2D eigenvalue weighted by Crippen LogP contribution is 2.38. The van der Waals surface area contributed by atoms with Gasteiger partial charge in [0, 0.05) is 5.39 Å². The predicted octanol–water partition coefficient (Wildman–Crippen LogP) is 2.65. The summed E-state index contributed by atoms with van der Waals surface area (Å²) in [7, 11) is 0. The monoisotopic (exact) mass is 213 g/mol. The van der Waals surface area contributed by atoms with Crippen molar-refractivity contribution in [3.63, 3.8) is 0 Å². The molecule has 1 heterocycles. The molecular formula is C8H4FNO3S. The van der Waals surface area contributed by atoms with E-state index in [-0.39, 0.29) is 4.70 Å². The Morgan fingerprint density at radius 2 is 2.21 bits per heavy atom. The van der Waals surface area contributed by atoms with Gasteiger partial charge in [-0.15, -0.1) is 0 Å². The standard InChI is InChI=1S/C8H4FNO3S/c9-6-3-4-1-2-5(11)7(10(12)13)8(4)14-6/h1-3,11H. The zero-order valence-corrected chi connectivity index (χ0v) is 7.55. The Kier molecular flexibility index (Phi) is 1.85. The normalized spacial score (nSPS) is 10.6. The Morgan fingerprint density at radius 1 is 1.50 bits per heavy atom. The van der Waals surface area contributed by atoms with E-state index in [1.165, 1.54) is 18.2 Å². The third-order valence-electron chi connectivity index (χ3n) is 1.79. The molecule has 0 radical (unpaired) electrons. The van der Waals surface area contributed by atoms with Gasteiger partial charge in [-0.2, -0.15) is 4.39 Å². The summed E-state index contributed by atoms with van der Waals surface area (Å²) in [5.41, 5.74) is -0.434. The van der Waals surface area contributed by atoms with Gasteiger partial charge in [-0.3, -0.25) is 10.1 Å². The fourth-order valence-corrected chi connectivity index (χ4v) is 2.12. The highest BCUT2D eigenvalue weighted by molar-refractivity contribution is 7.18. The van der Waals surface area contributed by atoms with Crippen LogP contribution in [0.3, 0.4) is 0 Å². The lowest BCUT2D eigenvalue weighted by Gasteiger charge is -1.95. The molecule has 0 aliphatic carbocycles. The second kappa shape index (κ2) is 2.91. The number of phenols is 1. The lowest BCUT2D eigenvalue weighted by molar-refractivity contribution is -0.383. The third kappa shape index (κ3) is 1.20. The van der Waals surface area contributed by atoms with Crippen LogP contribution in [0.1, 0.15) is 0 Å². The number of rotatable bonds is 1. The lowest BCUT2D eigenvalue weighted by Crippen LogP contribution is -1.87. The molecule has 4 nitrogen and oxygen atoms in total. The Morgan fingerprint density at radius 3 is 2.86 bits per heavy atom. The van der Waals surface area contributed by atoms with Gasteiger partial charge in [-0.05, 0) is 18.2 Å². The highest BCUT2D eigenvalue weighted by atomic mass is 32.1. The number of hydrogen-bond donors (Lipinski definition) is 1. The van der Waals surface area contributed by atoms with E-state index < -0.39 is 21.5 Å². The predicted molar refractivity (Wildman–Crippen MR) is 50.1 cm³/mol. The number of hydrogen-bond acceptors (Lipinski definition) is 4. The molecule has 1 aromatic heterocycles. The van der Waals surface area contributed by atoms with E-state index in [9.17, 15) is 19.6 Å². The first-order valence-electron chi connectivity index (χ1n) is 3.65. The molecule has 0 aliphatic rings. The topological polar surface area (TPSA) is 63.4 Å². The van der Waals surface area contributed by atoms with Gasteiger partial charge in [-0.25, -0.2) is 0 Å². The summed E-state index contributed by atoms with van der Waals surface area (Å²) >= 11 is 0.653. The molecule has 1 aromatic carbocycles. The Bertz CT molecular complexity index is 523. The molecular weight excluding hydrogens is 209 g/mol. The maximum absolute atomic E-state index is 12.8. The first-order valence-corrected chi connectivity index (χ1v) is 4.46. The van der Waals surface area contributed by atoms with Gasteiger partial charge in [-0.1, -0.05) is 11.3 Å². The second-order valence-electron chi connectivity index (χ2n) is 2.66. The van der Waals surface area contributed by atoms with Gasteiger partial charge in [0.15, 0.2) is 10.9 Å². The van der Waals surface area contributed by atoms with Crippen LogP contribution in [-0.2, 0) is 0 Å². The molecule has 6 heteroatoms. The Labute approximate surface area is 81.4 Å². The summed E-state index contributed by atoms with van der Waals surface area (Å²) in [5.74, 6) is -0.440. The summed E-state index contributed by atoms with van der Waals surface area (Å²) in [6.45, 7) is 0. The van der Waals surface area contributed by atoms with Crippen LogP contribution in [0.4, 0.5) is 10.1 Å². The summed E-state index contributed by atoms with van der Waals surface area (Å²) in [4.78, 5) is 9.86. The molecule has 0 atom stereocenters. The van der Waals surface area contributed by atoms with Gasteiger partial charge in [0.1, 0.15) is 4.70 Å². The average molecular weight is 213 g/mol. The number of nitrogens with zero attached hydrogens (tertiary/aromatic N) is 1. The molecule has 0 saturated heterocycles. The van der Waals surface area contributed by atoms with Crippen LogP contribution in [0.15, 0.2) is 18.2 Å². The van der Waals surface area contributed by atoms with Crippen molar-refractivity contribution in [1.29, 1.82) is 0 Å². The Hall–Kier alpha value is -1.69. The second-order valence-corrected chi connectivity index (χ2v) is 3.66. The van der Waals surface area contributed by atoms with Crippen LogP contribution in [0.25, 0.3) is 10.1 Å². The molecule has 14 heavy (non-hydrogen) atoms. The lowest BCUT2D eigenvalue weighted by atomic mass is 10.2. The van der Waals surface area contributed by atoms with Crippen LogP contribution in [0.2, 0.25) is 0 Å². The number of nitro groups is 1. The molecule has 0 fully saturated rings. The first-order chi connectivity index (χ1) is 6.59. The smallest absolute Gasteiger partial charge is 0.328 e. The molecule has 72 valence electrons. The van der Waals surface area contributed by atoms with E-state index in [1.54, 1.807) is 0 Å². The summed E-state index contributed by atoms with van der Waals surface area (Å²) in [6.07, 6.45) is 0. The van der Waals surface area contributed by atoms with Gasteiger partial charge < -0.3 is 5.11 Å². The van der Waals surface area contributed by atoms with Crippen LogP contribution in [0, 0.1) is 15.2 Å². The van der Waals surface area contributed by atoms with Gasteiger partial charge >= 0.3 is 5.69 Å². The average Bonchev–Trinajstić information content (AvgIpc) is 2.43. The molecule has 0 unspecified atom stereocenters. The minimum atomic E-state index is -0.715. The molecule has 0 bridgehead atoms. The van der Waals surface area contributed by atoms with Crippen molar-refractivity contribution < 1.29 is 14.4 Å². The summed E-state index contributed by atoms with van der Waals surface area (Å²) in [5, 5.41) is 19.7. The van der Waals surface area contributed by atoms with Crippen molar-refractivity contribution in [2.24, 2.45) is 0 Å². The Balaban J connectivity index is 2.88. The van der Waals surface area contributed by atoms with Crippen LogP contribution in [0.5, 0.6) is 5.75 Å². The van der Waals surface area contributed by atoms with Gasteiger partial charge in [0.2, 0.25) is 0 Å². The zero-order chi connectivity index (χ0) is 10.3. The largest absolute Gasteiger partial charge is 0.502 e. The van der Waals surface area contributed by atoms with Crippen LogP contribution in [-0.4, -0.2) is 10.0 Å². The van der Waals surface area contributed by atoms with Crippen molar-refractivity contribution >= 4 is 27.1 Å². The number of phenolic OH excluding ortho intramolecular Hbond substituents is 1. The zero-order valence-electron chi connectivity index (χ0n) is 6.73. The quantitative estimate of drug-likeness (QED) is 0.585. The minimum absolute atomic E-state index is 0.160. The number of aromatic hydroxyl groups is 1. The van der Waals surface area contributed by atoms with Gasteiger partial charge in [0.25, 0.3) is 0 Å². The molecule has 2 aromatic rings. The number of benzene rings is 1.